The maximum Gasteiger partial charge on any atom is 0.335 e. The summed E-state index contributed by atoms with van der Waals surface area (Å²) in [5.74, 6) is -0.266. The summed E-state index contributed by atoms with van der Waals surface area (Å²) in [4.78, 5) is 23.3. The third kappa shape index (κ3) is 6.98. The Labute approximate surface area is 200 Å². The standard InChI is InChI=1S/C25H25BrN2O5/c1-3-32-22-13-17(14-27-19-10-6-18(7-11-19)25(30)31)12-21(26)24(22)33-15-23(29)28-20-8-4-16(2)5-9-20/h4-13,27H,3,14-15H2,1-2H3,(H,28,29)(H,30,31). The molecule has 0 aliphatic heterocycles. The highest BCUT2D eigenvalue weighted by Gasteiger charge is 2.14. The fourth-order valence-corrected chi connectivity index (χ4v) is 3.64. The second-order valence-corrected chi connectivity index (χ2v) is 8.13. The maximum atomic E-state index is 12.3. The van der Waals surface area contributed by atoms with E-state index in [2.05, 4.69) is 26.6 Å². The van der Waals surface area contributed by atoms with E-state index in [1.165, 1.54) is 0 Å². The number of rotatable bonds is 10. The topological polar surface area (TPSA) is 96.9 Å². The summed E-state index contributed by atoms with van der Waals surface area (Å²) < 4.78 is 12.2. The van der Waals surface area contributed by atoms with Crippen molar-refractivity contribution in [1.82, 2.24) is 0 Å². The number of aromatic carboxylic acids is 1. The second kappa shape index (κ2) is 11.4. The second-order valence-electron chi connectivity index (χ2n) is 7.28. The Morgan fingerprint density at radius 3 is 2.27 bits per heavy atom. The van der Waals surface area contributed by atoms with Crippen LogP contribution in [-0.4, -0.2) is 30.2 Å². The molecular weight excluding hydrogens is 488 g/mol. The molecule has 0 bridgehead atoms. The monoisotopic (exact) mass is 512 g/mol. The van der Waals surface area contributed by atoms with Crippen molar-refractivity contribution in [2.45, 2.75) is 20.4 Å². The molecule has 0 radical (unpaired) electrons. The summed E-state index contributed by atoms with van der Waals surface area (Å²) in [6.45, 7) is 4.61. The van der Waals surface area contributed by atoms with Crippen molar-refractivity contribution in [2.75, 3.05) is 23.8 Å². The number of hydrogen-bond donors (Lipinski definition) is 3. The lowest BCUT2D eigenvalue weighted by Crippen LogP contribution is -2.20. The lowest BCUT2D eigenvalue weighted by molar-refractivity contribution is -0.118. The number of nitrogens with one attached hydrogen (secondary N) is 2. The Bertz CT molecular complexity index is 1110. The van der Waals surface area contributed by atoms with Crippen LogP contribution in [-0.2, 0) is 11.3 Å². The minimum atomic E-state index is -0.963. The Morgan fingerprint density at radius 1 is 0.970 bits per heavy atom. The first-order valence-corrected chi connectivity index (χ1v) is 11.2. The van der Waals surface area contributed by atoms with Crippen molar-refractivity contribution < 1.29 is 24.2 Å². The summed E-state index contributed by atoms with van der Waals surface area (Å²) in [6.07, 6.45) is 0. The van der Waals surface area contributed by atoms with Crippen LogP contribution in [0.3, 0.4) is 0 Å². The molecule has 0 atom stereocenters. The highest BCUT2D eigenvalue weighted by molar-refractivity contribution is 9.10. The average molecular weight is 513 g/mol. The van der Waals surface area contributed by atoms with Gasteiger partial charge in [-0.1, -0.05) is 17.7 Å². The number of hydrogen-bond acceptors (Lipinski definition) is 5. The number of carboxylic acids is 1. The average Bonchev–Trinajstić information content (AvgIpc) is 2.79. The number of carbonyl (C=O) groups excluding carboxylic acids is 1. The molecule has 0 saturated heterocycles. The van der Waals surface area contributed by atoms with Gasteiger partial charge in [-0.2, -0.15) is 0 Å². The third-order valence-corrected chi connectivity index (χ3v) is 5.27. The summed E-state index contributed by atoms with van der Waals surface area (Å²) in [5, 5.41) is 15.1. The van der Waals surface area contributed by atoms with Crippen LogP contribution >= 0.6 is 15.9 Å². The third-order valence-electron chi connectivity index (χ3n) is 4.68. The number of carboxylic acid groups (broad SMARTS) is 1. The van der Waals surface area contributed by atoms with Crippen LogP contribution in [0.25, 0.3) is 0 Å². The van der Waals surface area contributed by atoms with Crippen molar-refractivity contribution in [3.8, 4) is 11.5 Å². The van der Waals surface area contributed by atoms with Gasteiger partial charge in [0.25, 0.3) is 5.91 Å². The van der Waals surface area contributed by atoms with Crippen LogP contribution in [0.15, 0.2) is 65.1 Å². The van der Waals surface area contributed by atoms with Crippen LogP contribution in [0, 0.1) is 6.92 Å². The van der Waals surface area contributed by atoms with Gasteiger partial charge in [0.1, 0.15) is 0 Å². The lowest BCUT2D eigenvalue weighted by Gasteiger charge is -2.16. The van der Waals surface area contributed by atoms with E-state index < -0.39 is 5.97 Å². The molecule has 3 aromatic rings. The zero-order chi connectivity index (χ0) is 23.8. The summed E-state index contributed by atoms with van der Waals surface area (Å²) in [7, 11) is 0. The molecule has 172 valence electrons. The molecule has 0 aliphatic rings. The Kier molecular flexibility index (Phi) is 8.32. The van der Waals surface area contributed by atoms with Gasteiger partial charge in [0.2, 0.25) is 0 Å². The van der Waals surface area contributed by atoms with Crippen LogP contribution in [0.4, 0.5) is 11.4 Å². The van der Waals surface area contributed by atoms with Gasteiger partial charge in [-0.3, -0.25) is 4.79 Å². The number of anilines is 2. The molecule has 33 heavy (non-hydrogen) atoms. The Hall–Kier alpha value is -3.52. The minimum absolute atomic E-state index is 0.167. The van der Waals surface area contributed by atoms with Gasteiger partial charge in [0.15, 0.2) is 18.1 Å². The fraction of sp³-hybridized carbons (Fsp3) is 0.200. The molecular formula is C25H25BrN2O5. The molecule has 1 amide bonds. The molecule has 0 saturated carbocycles. The molecule has 0 unspecified atom stereocenters. The number of amides is 1. The van der Waals surface area contributed by atoms with Crippen molar-refractivity contribution in [3.63, 3.8) is 0 Å². The zero-order valence-electron chi connectivity index (χ0n) is 18.4. The van der Waals surface area contributed by atoms with Gasteiger partial charge < -0.3 is 25.2 Å². The highest BCUT2D eigenvalue weighted by atomic mass is 79.9. The molecule has 0 aromatic heterocycles. The molecule has 8 heteroatoms. The Morgan fingerprint density at radius 2 is 1.64 bits per heavy atom. The number of carbonyl (C=O) groups is 2. The molecule has 3 rings (SSSR count). The van der Waals surface area contributed by atoms with Crippen LogP contribution < -0.4 is 20.1 Å². The number of halogens is 1. The predicted molar refractivity (Wildman–Crippen MR) is 131 cm³/mol. The van der Waals surface area contributed by atoms with Gasteiger partial charge >= 0.3 is 5.97 Å². The highest BCUT2D eigenvalue weighted by Crippen LogP contribution is 2.37. The van der Waals surface area contributed by atoms with Crippen molar-refractivity contribution in [1.29, 1.82) is 0 Å². The van der Waals surface area contributed by atoms with Crippen LogP contribution in [0.2, 0.25) is 0 Å². The van der Waals surface area contributed by atoms with E-state index in [1.807, 2.05) is 50.2 Å². The lowest BCUT2D eigenvalue weighted by atomic mass is 10.1. The van der Waals surface area contributed by atoms with E-state index in [-0.39, 0.29) is 18.1 Å². The Balaban J connectivity index is 1.65. The number of benzene rings is 3. The first-order chi connectivity index (χ1) is 15.9. The van der Waals surface area contributed by atoms with E-state index in [0.29, 0.717) is 34.8 Å². The van der Waals surface area contributed by atoms with E-state index in [9.17, 15) is 9.59 Å². The maximum absolute atomic E-state index is 12.3. The number of ether oxygens (including phenoxy) is 2. The summed E-state index contributed by atoms with van der Waals surface area (Å²) >= 11 is 3.51. The van der Waals surface area contributed by atoms with E-state index in [4.69, 9.17) is 14.6 Å². The molecule has 0 heterocycles. The zero-order valence-corrected chi connectivity index (χ0v) is 19.9. The van der Waals surface area contributed by atoms with Gasteiger partial charge in [0.05, 0.1) is 16.6 Å². The van der Waals surface area contributed by atoms with Crippen molar-refractivity contribution in [2.24, 2.45) is 0 Å². The molecule has 0 fully saturated rings. The first-order valence-electron chi connectivity index (χ1n) is 10.4. The van der Waals surface area contributed by atoms with Crippen LogP contribution in [0.5, 0.6) is 11.5 Å². The summed E-state index contributed by atoms with van der Waals surface area (Å²) in [5.41, 5.74) is 3.76. The van der Waals surface area contributed by atoms with Gasteiger partial charge in [-0.05, 0) is 83.9 Å². The smallest absolute Gasteiger partial charge is 0.335 e. The molecule has 0 spiro atoms. The van der Waals surface area contributed by atoms with E-state index in [1.54, 1.807) is 24.3 Å². The predicted octanol–water partition coefficient (Wildman–Crippen LogP) is 5.48. The van der Waals surface area contributed by atoms with Gasteiger partial charge in [-0.15, -0.1) is 0 Å². The number of aryl methyl sites for hydroxylation is 1. The fourth-order valence-electron chi connectivity index (χ4n) is 3.03. The molecule has 3 N–H and O–H groups in total. The van der Waals surface area contributed by atoms with E-state index in [0.717, 1.165) is 16.8 Å². The van der Waals surface area contributed by atoms with Crippen LogP contribution in [0.1, 0.15) is 28.4 Å². The summed E-state index contributed by atoms with van der Waals surface area (Å²) in [6, 6.07) is 17.8. The molecule has 0 aliphatic carbocycles. The van der Waals surface area contributed by atoms with Gasteiger partial charge in [0, 0.05) is 17.9 Å². The molecule has 3 aromatic carbocycles. The SMILES string of the molecule is CCOc1cc(CNc2ccc(C(=O)O)cc2)cc(Br)c1OCC(=O)Nc1ccc(C)cc1. The van der Waals surface area contributed by atoms with Gasteiger partial charge in [-0.25, -0.2) is 4.79 Å². The first kappa shape index (κ1) is 24.1. The minimum Gasteiger partial charge on any atom is -0.490 e. The van der Waals surface area contributed by atoms with Crippen molar-refractivity contribution >= 4 is 39.2 Å². The van der Waals surface area contributed by atoms with E-state index >= 15 is 0 Å². The quantitative estimate of drug-likeness (QED) is 0.332. The largest absolute Gasteiger partial charge is 0.490 e. The molecule has 7 nitrogen and oxygen atoms in total. The normalized spacial score (nSPS) is 10.4. The van der Waals surface area contributed by atoms with Crippen molar-refractivity contribution in [3.05, 3.63) is 81.8 Å².